The van der Waals surface area contributed by atoms with E-state index in [2.05, 4.69) is 352 Å². The van der Waals surface area contributed by atoms with E-state index in [4.69, 9.17) is 29.9 Å². The summed E-state index contributed by atoms with van der Waals surface area (Å²) < 4.78 is 0. The van der Waals surface area contributed by atoms with Gasteiger partial charge in [-0.1, -0.05) is 315 Å². The van der Waals surface area contributed by atoms with Gasteiger partial charge < -0.3 is 0 Å². The average Bonchev–Trinajstić information content (AvgIpc) is 1.46. The van der Waals surface area contributed by atoms with E-state index < -0.39 is 0 Å². The van der Waals surface area contributed by atoms with Crippen LogP contribution in [0.2, 0.25) is 0 Å². The minimum Gasteiger partial charge on any atom is -0.208 e. The molecule has 0 amide bonds. The molecule has 6 nitrogen and oxygen atoms in total. The fourth-order valence-electron chi connectivity index (χ4n) is 19.0. The van der Waals surface area contributed by atoms with Gasteiger partial charge >= 0.3 is 0 Å². The normalized spacial score (nSPS) is 17.3. The summed E-state index contributed by atoms with van der Waals surface area (Å²) in [5, 5.41) is 4.60. The topological polar surface area (TPSA) is 77.3 Å². The molecule has 108 heavy (non-hydrogen) atoms. The summed E-state index contributed by atoms with van der Waals surface area (Å²) in [5.74, 6) is 6.44. The molecule has 0 saturated heterocycles. The molecule has 510 valence electrons. The molecule has 5 aliphatic carbocycles. The number of benzene rings is 15. The molecule has 15 aromatic carbocycles. The molecule has 0 unspecified atom stereocenters. The Morgan fingerprint density at radius 3 is 0.917 bits per heavy atom. The predicted molar refractivity (Wildman–Crippen MR) is 442 cm³/mol. The Labute approximate surface area is 629 Å². The maximum Gasteiger partial charge on any atom is 0.164 e. The zero-order valence-corrected chi connectivity index (χ0v) is 59.5. The van der Waals surface area contributed by atoms with Gasteiger partial charge in [-0.3, -0.25) is 0 Å². The highest BCUT2D eigenvalue weighted by Gasteiger charge is 2.61. The molecule has 0 aliphatic heterocycles. The van der Waals surface area contributed by atoms with Crippen molar-refractivity contribution in [2.75, 3.05) is 0 Å². The smallest absolute Gasteiger partial charge is 0.164 e. The maximum atomic E-state index is 5.51. The van der Waals surface area contributed by atoms with E-state index >= 15 is 0 Å². The molecule has 6 heteroatoms. The minimum atomic E-state index is -0.127. The summed E-state index contributed by atoms with van der Waals surface area (Å²) in [6.07, 6.45) is 6.47. The lowest BCUT2D eigenvalue weighted by atomic mass is 9.43. The van der Waals surface area contributed by atoms with Gasteiger partial charge in [-0.25, -0.2) is 29.9 Å². The Bertz CT molecular complexity index is 6070. The van der Waals surface area contributed by atoms with E-state index in [1.807, 2.05) is 0 Å². The second kappa shape index (κ2) is 26.2. The van der Waals surface area contributed by atoms with E-state index in [1.165, 1.54) is 92.9 Å². The van der Waals surface area contributed by atoms with Crippen LogP contribution in [0.3, 0.4) is 0 Å². The Morgan fingerprint density at radius 1 is 0.185 bits per heavy atom. The van der Waals surface area contributed by atoms with Crippen LogP contribution in [-0.2, 0) is 5.41 Å². The van der Waals surface area contributed by atoms with Crippen LogP contribution in [0, 0.1) is 23.7 Å². The van der Waals surface area contributed by atoms with Gasteiger partial charge in [0.2, 0.25) is 0 Å². The van der Waals surface area contributed by atoms with Crippen molar-refractivity contribution in [1.82, 2.24) is 29.9 Å². The quantitative estimate of drug-likeness (QED) is 0.114. The van der Waals surface area contributed by atoms with Gasteiger partial charge in [0.1, 0.15) is 0 Å². The fraction of sp³-hybridized carbons (Fsp3) is 0.0980. The molecule has 0 atom stereocenters. The number of hydrogen-bond acceptors (Lipinski definition) is 6. The maximum absolute atomic E-state index is 5.51. The van der Waals surface area contributed by atoms with E-state index in [0.717, 1.165) is 106 Å². The molecule has 1 spiro atoms. The van der Waals surface area contributed by atoms with Crippen molar-refractivity contribution in [2.45, 2.75) is 37.5 Å². The summed E-state index contributed by atoms with van der Waals surface area (Å²) >= 11 is 0. The first-order valence-corrected chi connectivity index (χ1v) is 38.0. The standard InChI is InChI=1S/C102H72N6/c1-5-17-66(18-6-1)70-31-41-76(42-32-70)96-103-97(77-43-33-71(34-44-77)67-19-7-2-8-20-67)106-100(105-96)85-58-83-27-15-16-28-88(83)91(61-85)75-39-29-74(30-40-75)82-49-51-89-90-52-50-84(63-95(90)102(94(89)62-82)86-54-64-53-65(56-86)57-87(102)55-64)92-59-80-25-13-14-26-81(80)60-93(92)101-107-98(78-45-35-72(36-46-78)68-21-9-3-10-22-68)104-99(108-101)79-47-37-73(38-48-79)69-23-11-4-12-24-69/h1-52,58-65,86-87H,53-57H2. The third kappa shape index (κ3) is 11.2. The van der Waals surface area contributed by atoms with Crippen LogP contribution in [0.4, 0.5) is 0 Å². The predicted octanol–water partition coefficient (Wildman–Crippen LogP) is 25.8. The molecule has 4 fully saturated rings. The van der Waals surface area contributed by atoms with Crippen LogP contribution in [-0.4, -0.2) is 29.9 Å². The number of rotatable bonds is 13. The fourth-order valence-corrected chi connectivity index (χ4v) is 19.0. The Balaban J connectivity index is 0.656. The van der Waals surface area contributed by atoms with Gasteiger partial charge in [-0.05, 0) is 214 Å². The first-order chi connectivity index (χ1) is 53.4. The lowest BCUT2D eigenvalue weighted by molar-refractivity contribution is -0.0399. The average molecular weight is 1380 g/mol. The van der Waals surface area contributed by atoms with Crippen molar-refractivity contribution in [3.63, 3.8) is 0 Å². The van der Waals surface area contributed by atoms with Gasteiger partial charge in [0.05, 0.1) is 0 Å². The lowest BCUT2D eigenvalue weighted by Gasteiger charge is -2.61. The van der Waals surface area contributed by atoms with Crippen molar-refractivity contribution in [1.29, 1.82) is 0 Å². The van der Waals surface area contributed by atoms with Crippen molar-refractivity contribution >= 4 is 21.5 Å². The summed E-state index contributed by atoms with van der Waals surface area (Å²) in [4.78, 5) is 32.2. The van der Waals surface area contributed by atoms with Crippen LogP contribution >= 0.6 is 0 Å². The van der Waals surface area contributed by atoms with Crippen LogP contribution < -0.4 is 0 Å². The van der Waals surface area contributed by atoms with Crippen LogP contribution in [0.15, 0.2) is 352 Å². The van der Waals surface area contributed by atoms with Crippen LogP contribution in [0.5, 0.6) is 0 Å². The monoisotopic (exact) mass is 1380 g/mol. The first-order valence-electron chi connectivity index (χ1n) is 38.0. The Morgan fingerprint density at radius 2 is 0.491 bits per heavy atom. The van der Waals surface area contributed by atoms with E-state index in [0.29, 0.717) is 46.8 Å². The van der Waals surface area contributed by atoms with Gasteiger partial charge in [0, 0.05) is 38.8 Å². The third-order valence-corrected chi connectivity index (χ3v) is 24.0. The van der Waals surface area contributed by atoms with Crippen molar-refractivity contribution in [3.8, 4) is 157 Å². The Kier molecular flexibility index (Phi) is 15.3. The second-order valence-electron chi connectivity index (χ2n) is 30.1. The summed E-state index contributed by atoms with van der Waals surface area (Å²) in [5.41, 5.74) is 27.5. The number of hydrogen-bond donors (Lipinski definition) is 0. The molecule has 22 rings (SSSR count). The van der Waals surface area contributed by atoms with Crippen LogP contribution in [0.1, 0.15) is 43.2 Å². The largest absolute Gasteiger partial charge is 0.208 e. The molecule has 4 bridgehead atoms. The highest BCUT2D eigenvalue weighted by molar-refractivity contribution is 6.01. The molecule has 0 N–H and O–H groups in total. The molecule has 2 heterocycles. The lowest BCUT2D eigenvalue weighted by Crippen LogP contribution is -2.55. The molecular weight excluding hydrogens is 1310 g/mol. The van der Waals surface area contributed by atoms with Crippen molar-refractivity contribution in [3.05, 3.63) is 363 Å². The van der Waals surface area contributed by atoms with E-state index in [1.54, 1.807) is 0 Å². The molecular formula is C102H72N6. The van der Waals surface area contributed by atoms with E-state index in [9.17, 15) is 0 Å². The third-order valence-electron chi connectivity index (χ3n) is 24.0. The molecule has 0 radical (unpaired) electrons. The zero-order chi connectivity index (χ0) is 71.2. The summed E-state index contributed by atoms with van der Waals surface area (Å²) in [6, 6.07) is 128. The SMILES string of the molecule is c1ccc(-c2ccc(-c3nc(-c4ccc(-c5ccccc5)cc4)nc(-c4cc(-c5ccc(-c6ccc7c(c6)C6(c8cc(-c9cc%10ccccc%10cc9-c9nc(-c%10ccc(-c%11ccccc%11)cc%10)nc(-c%10ccc(-c%11ccccc%11)cc%10)n9)ccc8-7)C7CC8CC(C7)CC6C8)cc5)c5ccccc5c4)n3)cc2)cc1. The highest BCUT2D eigenvalue weighted by Crippen LogP contribution is 2.70. The number of nitrogens with zero attached hydrogens (tertiary/aromatic N) is 6. The van der Waals surface area contributed by atoms with Crippen LogP contribution in [0.25, 0.3) is 179 Å². The van der Waals surface area contributed by atoms with Gasteiger partial charge in [0.25, 0.3) is 0 Å². The zero-order valence-electron chi connectivity index (χ0n) is 59.5. The number of aromatic nitrogens is 6. The van der Waals surface area contributed by atoms with Gasteiger partial charge in [-0.15, -0.1) is 0 Å². The van der Waals surface area contributed by atoms with Gasteiger partial charge in [0.15, 0.2) is 34.9 Å². The summed E-state index contributed by atoms with van der Waals surface area (Å²) in [7, 11) is 0. The number of fused-ring (bicyclic) bond motifs is 5. The molecule has 4 saturated carbocycles. The van der Waals surface area contributed by atoms with E-state index in [-0.39, 0.29) is 5.41 Å². The van der Waals surface area contributed by atoms with Gasteiger partial charge in [-0.2, -0.15) is 0 Å². The summed E-state index contributed by atoms with van der Waals surface area (Å²) in [6.45, 7) is 0. The van der Waals surface area contributed by atoms with Crippen molar-refractivity contribution < 1.29 is 0 Å². The molecule has 17 aromatic rings. The molecule has 5 aliphatic rings. The minimum absolute atomic E-state index is 0.127. The Hall–Kier alpha value is -13.2. The first kappa shape index (κ1) is 63.3. The van der Waals surface area contributed by atoms with Crippen molar-refractivity contribution in [2.24, 2.45) is 23.7 Å². The highest BCUT2D eigenvalue weighted by atomic mass is 15.0. The molecule has 2 aromatic heterocycles. The second-order valence-corrected chi connectivity index (χ2v) is 30.1.